The molecule has 4 rings (SSSR count). The highest BCUT2D eigenvalue weighted by Gasteiger charge is 2.10. The lowest BCUT2D eigenvalue weighted by Gasteiger charge is -2.06. The van der Waals surface area contributed by atoms with E-state index in [2.05, 4.69) is 5.10 Å². The summed E-state index contributed by atoms with van der Waals surface area (Å²) in [5, 5.41) is 5.61. The zero-order chi connectivity index (χ0) is 16.0. The molecule has 0 saturated carbocycles. The minimum atomic E-state index is -0.126. The molecule has 114 valence electrons. The highest BCUT2D eigenvalue weighted by atomic mass is 16.3. The molecule has 6 heteroatoms. The summed E-state index contributed by atoms with van der Waals surface area (Å²) in [5.74, 6) is 0.709. The molecular weight excluding hydrogens is 294 g/mol. The van der Waals surface area contributed by atoms with Crippen molar-refractivity contribution in [3.63, 3.8) is 0 Å². The molecule has 0 amide bonds. The highest BCUT2D eigenvalue weighted by Crippen LogP contribution is 2.20. The van der Waals surface area contributed by atoms with E-state index < -0.39 is 0 Å². The number of aldehydes is 1. The van der Waals surface area contributed by atoms with E-state index in [0.717, 1.165) is 22.9 Å². The van der Waals surface area contributed by atoms with Crippen molar-refractivity contribution in [1.82, 2.24) is 14.3 Å². The lowest BCUT2D eigenvalue weighted by molar-refractivity contribution is -0.108. The fraction of sp³-hybridized carbons (Fsp3) is 0.118. The third kappa shape index (κ3) is 2.07. The Morgan fingerprint density at radius 2 is 2.13 bits per heavy atom. The number of hydrogen-bond donors (Lipinski definition) is 0. The Kier molecular flexibility index (Phi) is 2.90. The summed E-state index contributed by atoms with van der Waals surface area (Å²) in [6, 6.07) is 9.10. The van der Waals surface area contributed by atoms with Gasteiger partial charge in [0.15, 0.2) is 0 Å². The number of carbonyl (C=O) groups is 1. The van der Waals surface area contributed by atoms with Crippen LogP contribution in [-0.2, 0) is 11.3 Å². The maximum absolute atomic E-state index is 12.6. The van der Waals surface area contributed by atoms with E-state index in [-0.39, 0.29) is 12.1 Å². The number of nitrogens with zero attached hydrogens (tertiary/aromatic N) is 3. The second-order valence-electron chi connectivity index (χ2n) is 5.36. The molecule has 1 aromatic carbocycles. The number of pyridine rings is 1. The number of carbonyl (C=O) groups excluding carboxylic acids is 1. The average molecular weight is 307 g/mol. The predicted octanol–water partition coefficient (Wildman–Crippen LogP) is 2.44. The molecule has 3 heterocycles. The average Bonchev–Trinajstić information content (AvgIpc) is 3.11. The Hall–Kier alpha value is -3.15. The predicted molar refractivity (Wildman–Crippen MR) is 85.9 cm³/mol. The summed E-state index contributed by atoms with van der Waals surface area (Å²) in [6.45, 7) is 2.03. The molecule has 0 bridgehead atoms. The number of rotatable bonds is 3. The molecule has 0 aliphatic rings. The fourth-order valence-electron chi connectivity index (χ4n) is 2.81. The van der Waals surface area contributed by atoms with Crippen molar-refractivity contribution < 1.29 is 9.21 Å². The van der Waals surface area contributed by atoms with Crippen LogP contribution in [0.3, 0.4) is 0 Å². The van der Waals surface area contributed by atoms with Gasteiger partial charge in [-0.05, 0) is 37.3 Å². The first-order chi connectivity index (χ1) is 11.2. The van der Waals surface area contributed by atoms with Crippen molar-refractivity contribution in [3.05, 3.63) is 58.8 Å². The molecule has 0 aliphatic heterocycles. The Morgan fingerprint density at radius 3 is 2.96 bits per heavy atom. The maximum Gasteiger partial charge on any atom is 0.266 e. The second kappa shape index (κ2) is 4.95. The number of hydrogen-bond acceptors (Lipinski definition) is 4. The van der Waals surface area contributed by atoms with Crippen molar-refractivity contribution in [2.24, 2.45) is 0 Å². The summed E-state index contributed by atoms with van der Waals surface area (Å²) in [6.07, 6.45) is 4.19. The van der Waals surface area contributed by atoms with Crippen LogP contribution in [-0.4, -0.2) is 20.6 Å². The van der Waals surface area contributed by atoms with Gasteiger partial charge in [0.25, 0.3) is 5.56 Å². The molecule has 0 N–H and O–H groups in total. The van der Waals surface area contributed by atoms with Crippen molar-refractivity contribution in [2.75, 3.05) is 0 Å². The third-order valence-corrected chi connectivity index (χ3v) is 3.86. The van der Waals surface area contributed by atoms with Crippen molar-refractivity contribution >= 4 is 28.2 Å². The van der Waals surface area contributed by atoms with Gasteiger partial charge in [-0.15, -0.1) is 0 Å². The van der Waals surface area contributed by atoms with Gasteiger partial charge >= 0.3 is 0 Å². The van der Waals surface area contributed by atoms with Gasteiger partial charge in [-0.2, -0.15) is 5.10 Å². The number of furan rings is 1. The summed E-state index contributed by atoms with van der Waals surface area (Å²) in [5.41, 5.74) is 2.06. The van der Waals surface area contributed by atoms with E-state index in [4.69, 9.17) is 4.42 Å². The fourth-order valence-corrected chi connectivity index (χ4v) is 2.81. The molecule has 0 spiro atoms. The molecule has 3 aromatic heterocycles. The number of aromatic nitrogens is 3. The van der Waals surface area contributed by atoms with E-state index in [1.807, 2.05) is 25.1 Å². The Bertz CT molecular complexity index is 1100. The quantitative estimate of drug-likeness (QED) is 0.545. The molecule has 6 nitrogen and oxygen atoms in total. The lowest BCUT2D eigenvalue weighted by atomic mass is 10.2. The number of fused-ring (bicyclic) bond motifs is 2. The molecule has 0 aliphatic carbocycles. The van der Waals surface area contributed by atoms with Crippen LogP contribution >= 0.6 is 0 Å². The maximum atomic E-state index is 12.6. The third-order valence-electron chi connectivity index (χ3n) is 3.86. The molecule has 0 fully saturated rings. The van der Waals surface area contributed by atoms with Crippen LogP contribution in [0.4, 0.5) is 0 Å². The Labute approximate surface area is 130 Å². The van der Waals surface area contributed by atoms with E-state index in [1.54, 1.807) is 33.8 Å². The van der Waals surface area contributed by atoms with Gasteiger partial charge in [-0.25, -0.2) is 0 Å². The standard InChI is InChI=1S/C17H13N3O3/c1-11-8-14-16(23-11)4-5-19(17(14)22)13-2-3-15-12(9-13)10-18-20(15)6-7-21/h2-5,7-10H,6H2,1H3. The first kappa shape index (κ1) is 13.5. The van der Waals surface area contributed by atoms with E-state index in [1.165, 1.54) is 0 Å². The van der Waals surface area contributed by atoms with E-state index in [0.29, 0.717) is 16.7 Å². The summed E-state index contributed by atoms with van der Waals surface area (Å²) >= 11 is 0. The smallest absolute Gasteiger partial charge is 0.266 e. The van der Waals surface area contributed by atoms with Crippen LogP contribution in [0.5, 0.6) is 0 Å². The topological polar surface area (TPSA) is 70.0 Å². The molecule has 4 aromatic rings. The first-order valence-electron chi connectivity index (χ1n) is 7.19. The van der Waals surface area contributed by atoms with Gasteiger partial charge in [0.05, 0.1) is 23.6 Å². The van der Waals surface area contributed by atoms with Crippen LogP contribution < -0.4 is 5.56 Å². The normalized spacial score (nSPS) is 11.3. The largest absolute Gasteiger partial charge is 0.461 e. The molecule has 0 unspecified atom stereocenters. The van der Waals surface area contributed by atoms with Crippen LogP contribution in [0.2, 0.25) is 0 Å². The van der Waals surface area contributed by atoms with Crippen molar-refractivity contribution in [2.45, 2.75) is 13.5 Å². The van der Waals surface area contributed by atoms with Gasteiger partial charge in [0, 0.05) is 17.3 Å². The minimum absolute atomic E-state index is 0.126. The van der Waals surface area contributed by atoms with Crippen LogP contribution in [0.25, 0.3) is 27.6 Å². The van der Waals surface area contributed by atoms with E-state index >= 15 is 0 Å². The van der Waals surface area contributed by atoms with Gasteiger partial charge in [-0.3, -0.25) is 14.0 Å². The molecule has 23 heavy (non-hydrogen) atoms. The van der Waals surface area contributed by atoms with Crippen molar-refractivity contribution in [1.29, 1.82) is 0 Å². The monoisotopic (exact) mass is 307 g/mol. The molecular formula is C17H13N3O3. The minimum Gasteiger partial charge on any atom is -0.461 e. The number of benzene rings is 1. The number of aryl methyl sites for hydroxylation is 1. The van der Waals surface area contributed by atoms with E-state index in [9.17, 15) is 9.59 Å². The lowest BCUT2D eigenvalue weighted by Crippen LogP contribution is -2.16. The SMILES string of the molecule is Cc1cc2c(=O)n(-c3ccc4c(cnn4CC=O)c3)ccc2o1. The zero-order valence-electron chi connectivity index (χ0n) is 12.4. The van der Waals surface area contributed by atoms with Gasteiger partial charge < -0.3 is 9.21 Å². The highest BCUT2D eigenvalue weighted by molar-refractivity contribution is 5.82. The zero-order valence-corrected chi connectivity index (χ0v) is 12.4. The van der Waals surface area contributed by atoms with Crippen molar-refractivity contribution in [3.8, 4) is 5.69 Å². The summed E-state index contributed by atoms with van der Waals surface area (Å²) in [7, 11) is 0. The summed E-state index contributed by atoms with van der Waals surface area (Å²) in [4.78, 5) is 23.3. The molecule has 0 radical (unpaired) electrons. The van der Waals surface area contributed by atoms with Gasteiger partial charge in [0.2, 0.25) is 0 Å². The van der Waals surface area contributed by atoms with Crippen LogP contribution in [0.1, 0.15) is 5.76 Å². The van der Waals surface area contributed by atoms with Gasteiger partial charge in [-0.1, -0.05) is 0 Å². The van der Waals surface area contributed by atoms with Crippen LogP contribution in [0.15, 0.2) is 51.9 Å². The summed E-state index contributed by atoms with van der Waals surface area (Å²) < 4.78 is 8.68. The first-order valence-corrected chi connectivity index (χ1v) is 7.19. The second-order valence-corrected chi connectivity index (χ2v) is 5.36. The Morgan fingerprint density at radius 1 is 1.26 bits per heavy atom. The Balaban J connectivity index is 1.90. The van der Waals surface area contributed by atoms with Gasteiger partial charge in [0.1, 0.15) is 17.6 Å². The van der Waals surface area contributed by atoms with Crippen LogP contribution in [0, 0.1) is 6.92 Å². The molecule has 0 atom stereocenters. The molecule has 0 saturated heterocycles.